The summed E-state index contributed by atoms with van der Waals surface area (Å²) in [6, 6.07) is 10.1. The van der Waals surface area contributed by atoms with Gasteiger partial charge in [-0.25, -0.2) is 4.79 Å². The Morgan fingerprint density at radius 2 is 1.83 bits per heavy atom. The first-order chi connectivity index (χ1) is 16.5. The fraction of sp³-hybridized carbons (Fsp3) is 0.600. The minimum Gasteiger partial charge on any atom is -0.478 e. The molecule has 2 saturated carbocycles. The van der Waals surface area contributed by atoms with Gasteiger partial charge in [-0.1, -0.05) is 50.3 Å². The molecule has 5 heteroatoms. The molecule has 0 heterocycles. The maximum atomic E-state index is 13.7. The van der Waals surface area contributed by atoms with Crippen LogP contribution >= 0.6 is 0 Å². The summed E-state index contributed by atoms with van der Waals surface area (Å²) in [5.41, 5.74) is 1.73. The second kappa shape index (κ2) is 8.33. The van der Waals surface area contributed by atoms with Crippen LogP contribution in [0.1, 0.15) is 71.8 Å². The van der Waals surface area contributed by atoms with E-state index in [9.17, 15) is 19.8 Å². The third kappa shape index (κ3) is 3.78. The largest absolute Gasteiger partial charge is 0.478 e. The van der Waals surface area contributed by atoms with Gasteiger partial charge in [0, 0.05) is 11.5 Å². The zero-order valence-corrected chi connectivity index (χ0v) is 21.4. The van der Waals surface area contributed by atoms with E-state index < -0.39 is 17.6 Å². The molecule has 4 aliphatic carbocycles. The molecule has 0 unspecified atom stereocenters. The molecule has 35 heavy (non-hydrogen) atoms. The quantitative estimate of drug-likeness (QED) is 0.556. The Kier molecular flexibility index (Phi) is 5.78. The van der Waals surface area contributed by atoms with Crippen molar-refractivity contribution in [2.75, 3.05) is 0 Å². The highest BCUT2D eigenvalue weighted by Crippen LogP contribution is 2.66. The molecule has 1 aromatic carbocycles. The fourth-order valence-corrected chi connectivity index (χ4v) is 8.38. The first-order valence-corrected chi connectivity index (χ1v) is 13.2. The summed E-state index contributed by atoms with van der Waals surface area (Å²) in [6.45, 7) is 8.56. The smallest absolute Gasteiger partial charge is 0.331 e. The van der Waals surface area contributed by atoms with Crippen LogP contribution in [-0.4, -0.2) is 28.2 Å². The Morgan fingerprint density at radius 3 is 2.51 bits per heavy atom. The summed E-state index contributed by atoms with van der Waals surface area (Å²) in [6.07, 6.45) is 8.22. The summed E-state index contributed by atoms with van der Waals surface area (Å²) >= 11 is 0. The van der Waals surface area contributed by atoms with Crippen molar-refractivity contribution in [1.29, 1.82) is 0 Å². The second-order valence-corrected chi connectivity index (χ2v) is 12.5. The Bertz CT molecular complexity index is 1090. The van der Waals surface area contributed by atoms with Crippen LogP contribution in [0.15, 0.2) is 53.6 Å². The number of aliphatic carboxylic acids is 1. The molecule has 1 aromatic rings. The fourth-order valence-electron chi connectivity index (χ4n) is 8.38. The average molecular weight is 478 g/mol. The molecule has 0 spiro atoms. The molecule has 4 aliphatic rings. The number of carboxylic acid groups (broad SMARTS) is 1. The zero-order valence-electron chi connectivity index (χ0n) is 21.4. The molecule has 0 aliphatic heterocycles. The highest BCUT2D eigenvalue weighted by atomic mass is 16.4. The summed E-state index contributed by atoms with van der Waals surface area (Å²) < 4.78 is 0. The number of aliphatic hydroxyl groups excluding tert-OH is 1. The van der Waals surface area contributed by atoms with Gasteiger partial charge in [-0.2, -0.15) is 0 Å². The third-order valence-electron chi connectivity index (χ3n) is 10.2. The highest BCUT2D eigenvalue weighted by Gasteiger charge is 2.62. The van der Waals surface area contributed by atoms with Crippen molar-refractivity contribution in [3.8, 4) is 0 Å². The van der Waals surface area contributed by atoms with E-state index in [1.807, 2.05) is 24.3 Å². The summed E-state index contributed by atoms with van der Waals surface area (Å²) in [5, 5.41) is 24.4. The number of carbonyl (C=O) groups excluding carboxylic acids is 1. The normalized spacial score (nSPS) is 38.4. The van der Waals surface area contributed by atoms with E-state index in [4.69, 9.17) is 0 Å². The van der Waals surface area contributed by atoms with Crippen LogP contribution in [0.5, 0.6) is 0 Å². The number of benzene rings is 1. The van der Waals surface area contributed by atoms with Gasteiger partial charge in [0.1, 0.15) is 0 Å². The lowest BCUT2D eigenvalue weighted by Crippen LogP contribution is -2.57. The number of fused-ring (bicyclic) bond motifs is 5. The molecule has 1 amide bonds. The predicted molar refractivity (Wildman–Crippen MR) is 135 cm³/mol. The zero-order chi connectivity index (χ0) is 25.2. The maximum absolute atomic E-state index is 13.7. The van der Waals surface area contributed by atoms with Gasteiger partial charge in [0.2, 0.25) is 5.91 Å². The molecule has 2 fully saturated rings. The molecule has 7 atom stereocenters. The van der Waals surface area contributed by atoms with Gasteiger partial charge in [-0.3, -0.25) is 4.79 Å². The van der Waals surface area contributed by atoms with Crippen molar-refractivity contribution >= 4 is 11.9 Å². The highest BCUT2D eigenvalue weighted by molar-refractivity contribution is 5.87. The maximum Gasteiger partial charge on any atom is 0.331 e. The van der Waals surface area contributed by atoms with Gasteiger partial charge in [-0.15, -0.1) is 0 Å². The lowest BCUT2D eigenvalue weighted by Gasteiger charge is -2.58. The number of rotatable bonds is 4. The lowest BCUT2D eigenvalue weighted by molar-refractivity contribution is -0.142. The van der Waals surface area contributed by atoms with Gasteiger partial charge in [0.05, 0.1) is 11.6 Å². The van der Waals surface area contributed by atoms with E-state index in [0.717, 1.165) is 36.8 Å². The molecule has 0 bridgehead atoms. The van der Waals surface area contributed by atoms with Crippen LogP contribution in [0.25, 0.3) is 0 Å². The Balaban J connectivity index is 1.40. The molecule has 0 aromatic heterocycles. The number of hydrogen-bond acceptors (Lipinski definition) is 3. The molecular formula is C30H39NO4. The average Bonchev–Trinajstić information content (AvgIpc) is 3.15. The monoisotopic (exact) mass is 477 g/mol. The van der Waals surface area contributed by atoms with Gasteiger partial charge < -0.3 is 15.5 Å². The number of allylic oxidation sites excluding steroid dienone is 3. The number of aliphatic hydroxyl groups is 1. The summed E-state index contributed by atoms with van der Waals surface area (Å²) in [7, 11) is 0. The van der Waals surface area contributed by atoms with E-state index >= 15 is 0 Å². The number of carbonyl (C=O) groups is 2. The van der Waals surface area contributed by atoms with E-state index in [1.165, 1.54) is 0 Å². The molecule has 188 valence electrons. The Morgan fingerprint density at radius 1 is 1.11 bits per heavy atom. The van der Waals surface area contributed by atoms with E-state index in [2.05, 4.69) is 51.2 Å². The minimum absolute atomic E-state index is 0.0967. The van der Waals surface area contributed by atoms with Gasteiger partial charge >= 0.3 is 5.97 Å². The number of carboxylic acids is 1. The van der Waals surface area contributed by atoms with Crippen molar-refractivity contribution in [3.05, 3.63) is 59.2 Å². The molecular weight excluding hydrogens is 438 g/mol. The molecule has 0 saturated heterocycles. The second-order valence-electron chi connectivity index (χ2n) is 12.5. The van der Waals surface area contributed by atoms with Crippen molar-refractivity contribution in [2.24, 2.45) is 34.5 Å². The van der Waals surface area contributed by atoms with Crippen LogP contribution in [-0.2, 0) is 15.1 Å². The van der Waals surface area contributed by atoms with Crippen LogP contribution in [0, 0.1) is 34.5 Å². The summed E-state index contributed by atoms with van der Waals surface area (Å²) in [5.74, 6) is -0.0542. The van der Waals surface area contributed by atoms with E-state index in [0.29, 0.717) is 30.3 Å². The minimum atomic E-state index is -0.838. The van der Waals surface area contributed by atoms with E-state index in [-0.39, 0.29) is 28.6 Å². The van der Waals surface area contributed by atoms with Crippen molar-refractivity contribution in [3.63, 3.8) is 0 Å². The van der Waals surface area contributed by atoms with Gasteiger partial charge in [0.25, 0.3) is 0 Å². The Hall–Kier alpha value is -2.40. The van der Waals surface area contributed by atoms with Gasteiger partial charge in [0.15, 0.2) is 0 Å². The molecule has 5 rings (SSSR count). The standard InChI is InChI=1S/C30H39NO4/c1-28(2,19-8-6-5-7-9-19)31-26(33)23-13-12-22-21-11-10-20-16-18(27(34)35)14-15-29(20,3)25(21)24(32)17-30(22,23)4/h5-10,16,21-25,32H,11-15,17H2,1-4H3,(H,31,33)(H,34,35)/t21-,22-,23+,24-,25+,29-,30-/m0/s1. The van der Waals surface area contributed by atoms with Crippen LogP contribution in [0.4, 0.5) is 0 Å². The molecule has 5 nitrogen and oxygen atoms in total. The van der Waals surface area contributed by atoms with Crippen LogP contribution in [0.2, 0.25) is 0 Å². The number of nitrogens with one attached hydrogen (secondary N) is 1. The van der Waals surface area contributed by atoms with Gasteiger partial charge in [-0.05, 0) is 98.2 Å². The van der Waals surface area contributed by atoms with Crippen molar-refractivity contribution < 1.29 is 19.8 Å². The van der Waals surface area contributed by atoms with Crippen LogP contribution < -0.4 is 5.32 Å². The summed E-state index contributed by atoms with van der Waals surface area (Å²) in [4.78, 5) is 25.3. The molecule has 3 N–H and O–H groups in total. The Labute approximate surface area is 208 Å². The SMILES string of the molecule is CC(C)(NC(=O)[C@H]1CC[C@H]2[C@@H]3CC=C4C=C(C(=O)O)CC[C@]4(C)[C@H]3[C@@H](O)C[C@]12C)c1ccccc1. The number of amides is 1. The third-order valence-corrected chi connectivity index (χ3v) is 10.2. The lowest BCUT2D eigenvalue weighted by atomic mass is 9.47. The first-order valence-electron chi connectivity index (χ1n) is 13.2. The topological polar surface area (TPSA) is 86.6 Å². The molecule has 0 radical (unpaired) electrons. The van der Waals surface area contributed by atoms with Crippen molar-refractivity contribution in [2.45, 2.75) is 77.9 Å². The predicted octanol–water partition coefficient (Wildman–Crippen LogP) is 5.21. The van der Waals surface area contributed by atoms with Crippen LogP contribution in [0.3, 0.4) is 0 Å². The van der Waals surface area contributed by atoms with Crippen molar-refractivity contribution in [1.82, 2.24) is 5.32 Å². The first kappa shape index (κ1) is 24.3. The number of hydrogen-bond donors (Lipinski definition) is 3. The van der Waals surface area contributed by atoms with E-state index in [1.54, 1.807) is 0 Å².